The number of hydrogen-bond donors (Lipinski definition) is 1. The lowest BCUT2D eigenvalue weighted by molar-refractivity contribution is 0.145. The van der Waals surface area contributed by atoms with Crippen LogP contribution in [0.4, 0.5) is 0 Å². The van der Waals surface area contributed by atoms with Gasteiger partial charge in [-0.15, -0.1) is 0 Å². The summed E-state index contributed by atoms with van der Waals surface area (Å²) in [6, 6.07) is 10.4. The molecule has 2 rings (SSSR count). The van der Waals surface area contributed by atoms with Gasteiger partial charge in [0.15, 0.2) is 0 Å². The summed E-state index contributed by atoms with van der Waals surface area (Å²) in [5.41, 5.74) is 2.85. The lowest BCUT2D eigenvalue weighted by Crippen LogP contribution is -2.42. The normalized spacial score (nSPS) is 17.5. The van der Waals surface area contributed by atoms with Gasteiger partial charge in [-0.2, -0.15) is 0 Å². The van der Waals surface area contributed by atoms with Crippen LogP contribution in [0.1, 0.15) is 63.1 Å². The average Bonchev–Trinajstić information content (AvgIpc) is 2.36. The maximum atomic E-state index is 3.64. The van der Waals surface area contributed by atoms with Crippen LogP contribution < -0.4 is 5.32 Å². The number of likely N-dealkylation sites (N-methyl/N-ethyl adjacent to an activating group) is 2. The molecule has 112 valence electrons. The van der Waals surface area contributed by atoms with Gasteiger partial charge in [0.1, 0.15) is 0 Å². The van der Waals surface area contributed by atoms with Gasteiger partial charge in [0.25, 0.3) is 0 Å². The molecule has 0 radical (unpaired) electrons. The molecule has 0 heterocycles. The Labute approximate surface area is 124 Å². The van der Waals surface area contributed by atoms with Crippen LogP contribution in [0.15, 0.2) is 24.3 Å². The van der Waals surface area contributed by atoms with Crippen molar-refractivity contribution in [2.75, 3.05) is 20.1 Å². The van der Waals surface area contributed by atoms with Gasteiger partial charge >= 0.3 is 0 Å². The summed E-state index contributed by atoms with van der Waals surface area (Å²) in [6.45, 7) is 8.83. The first-order valence-electron chi connectivity index (χ1n) is 8.15. The van der Waals surface area contributed by atoms with Crippen molar-refractivity contribution in [3.05, 3.63) is 35.4 Å². The van der Waals surface area contributed by atoms with Crippen LogP contribution in [-0.4, -0.2) is 31.1 Å². The summed E-state index contributed by atoms with van der Waals surface area (Å²) in [5.74, 6) is 0.610. The second-order valence-electron chi connectivity index (χ2n) is 6.46. The molecule has 0 spiro atoms. The molecule has 2 nitrogen and oxygen atoms in total. The van der Waals surface area contributed by atoms with E-state index in [1.807, 2.05) is 0 Å². The van der Waals surface area contributed by atoms with Crippen LogP contribution in [0.3, 0.4) is 0 Å². The lowest BCUT2D eigenvalue weighted by Gasteiger charge is -2.37. The molecule has 1 aromatic carbocycles. The molecular formula is C18H30N2. The standard InChI is InChI=1S/C18H30N2/c1-5-19-18(13-20(4)17-7-6-8-17)16-11-9-15(10-12-16)14(2)3/h9-12,14,17-19H,5-8,13H2,1-4H3. The molecule has 1 aliphatic rings. The lowest BCUT2D eigenvalue weighted by atomic mass is 9.91. The SMILES string of the molecule is CCNC(CN(C)C1CCC1)c1ccc(C(C)C)cc1. The third-order valence-corrected chi connectivity index (χ3v) is 4.62. The van der Waals surface area contributed by atoms with E-state index in [1.165, 1.54) is 30.4 Å². The van der Waals surface area contributed by atoms with Crippen molar-refractivity contribution in [2.45, 2.75) is 58.0 Å². The third-order valence-electron chi connectivity index (χ3n) is 4.62. The number of nitrogens with one attached hydrogen (secondary N) is 1. The van der Waals surface area contributed by atoms with Gasteiger partial charge in [-0.25, -0.2) is 0 Å². The fraction of sp³-hybridized carbons (Fsp3) is 0.667. The fourth-order valence-electron chi connectivity index (χ4n) is 2.91. The molecule has 0 saturated heterocycles. The van der Waals surface area contributed by atoms with Crippen LogP contribution in [0.25, 0.3) is 0 Å². The molecule has 2 heteroatoms. The first kappa shape index (κ1) is 15.5. The molecule has 0 aromatic heterocycles. The van der Waals surface area contributed by atoms with Gasteiger partial charge in [0.2, 0.25) is 0 Å². The van der Waals surface area contributed by atoms with Crippen molar-refractivity contribution in [2.24, 2.45) is 0 Å². The molecule has 1 saturated carbocycles. The van der Waals surface area contributed by atoms with Crippen LogP contribution in [-0.2, 0) is 0 Å². The zero-order valence-corrected chi connectivity index (χ0v) is 13.5. The second-order valence-corrected chi connectivity index (χ2v) is 6.46. The van der Waals surface area contributed by atoms with E-state index >= 15 is 0 Å². The summed E-state index contributed by atoms with van der Waals surface area (Å²) in [7, 11) is 2.27. The van der Waals surface area contributed by atoms with Crippen molar-refractivity contribution in [3.63, 3.8) is 0 Å². The van der Waals surface area contributed by atoms with Crippen molar-refractivity contribution < 1.29 is 0 Å². The molecule has 1 N–H and O–H groups in total. The van der Waals surface area contributed by atoms with Crippen molar-refractivity contribution in [1.82, 2.24) is 10.2 Å². The summed E-state index contributed by atoms with van der Waals surface area (Å²) >= 11 is 0. The van der Waals surface area contributed by atoms with Gasteiger partial charge in [-0.05, 0) is 43.5 Å². The Morgan fingerprint density at radius 3 is 2.20 bits per heavy atom. The zero-order chi connectivity index (χ0) is 14.5. The molecule has 0 amide bonds. The summed E-state index contributed by atoms with van der Waals surface area (Å²) < 4.78 is 0. The summed E-state index contributed by atoms with van der Waals surface area (Å²) in [5, 5.41) is 3.64. The smallest absolute Gasteiger partial charge is 0.0449 e. The quantitative estimate of drug-likeness (QED) is 0.810. The highest BCUT2D eigenvalue weighted by molar-refractivity contribution is 5.27. The first-order valence-corrected chi connectivity index (χ1v) is 8.15. The summed E-state index contributed by atoms with van der Waals surface area (Å²) in [6.07, 6.45) is 4.16. The minimum Gasteiger partial charge on any atom is -0.309 e. The fourth-order valence-corrected chi connectivity index (χ4v) is 2.91. The van der Waals surface area contributed by atoms with Crippen LogP contribution in [0, 0.1) is 0 Å². The highest BCUT2D eigenvalue weighted by Gasteiger charge is 2.24. The van der Waals surface area contributed by atoms with E-state index in [2.05, 4.69) is 62.3 Å². The van der Waals surface area contributed by atoms with E-state index < -0.39 is 0 Å². The van der Waals surface area contributed by atoms with Gasteiger partial charge < -0.3 is 10.2 Å². The predicted octanol–water partition coefficient (Wildman–Crippen LogP) is 3.94. The van der Waals surface area contributed by atoms with Gasteiger partial charge in [-0.1, -0.05) is 51.5 Å². The van der Waals surface area contributed by atoms with Gasteiger partial charge in [0.05, 0.1) is 0 Å². The van der Waals surface area contributed by atoms with E-state index in [9.17, 15) is 0 Å². The molecule has 20 heavy (non-hydrogen) atoms. The molecule has 0 bridgehead atoms. The molecule has 1 fully saturated rings. The van der Waals surface area contributed by atoms with Crippen molar-refractivity contribution in [1.29, 1.82) is 0 Å². The topological polar surface area (TPSA) is 15.3 Å². The predicted molar refractivity (Wildman–Crippen MR) is 87.2 cm³/mol. The molecule has 0 aliphatic heterocycles. The summed E-state index contributed by atoms with van der Waals surface area (Å²) in [4.78, 5) is 2.53. The van der Waals surface area contributed by atoms with Crippen LogP contribution in [0.5, 0.6) is 0 Å². The Bertz CT molecular complexity index is 392. The van der Waals surface area contributed by atoms with E-state index in [0.29, 0.717) is 12.0 Å². The van der Waals surface area contributed by atoms with Crippen LogP contribution in [0.2, 0.25) is 0 Å². The van der Waals surface area contributed by atoms with Crippen LogP contribution >= 0.6 is 0 Å². The van der Waals surface area contributed by atoms with Gasteiger partial charge in [-0.3, -0.25) is 0 Å². The average molecular weight is 274 g/mol. The Balaban J connectivity index is 2.02. The highest BCUT2D eigenvalue weighted by atomic mass is 15.2. The largest absolute Gasteiger partial charge is 0.309 e. The van der Waals surface area contributed by atoms with Gasteiger partial charge in [0, 0.05) is 18.6 Å². The Kier molecular flexibility index (Phi) is 5.62. The number of nitrogens with zero attached hydrogens (tertiary/aromatic N) is 1. The molecule has 1 atom stereocenters. The molecule has 1 aliphatic carbocycles. The minimum absolute atomic E-state index is 0.451. The monoisotopic (exact) mass is 274 g/mol. The Morgan fingerprint density at radius 2 is 1.75 bits per heavy atom. The first-order chi connectivity index (χ1) is 9.61. The Hall–Kier alpha value is -0.860. The van der Waals surface area contributed by atoms with E-state index in [-0.39, 0.29) is 0 Å². The molecular weight excluding hydrogens is 244 g/mol. The second kappa shape index (κ2) is 7.24. The van der Waals surface area contributed by atoms with Crippen molar-refractivity contribution in [3.8, 4) is 0 Å². The minimum atomic E-state index is 0.451. The van der Waals surface area contributed by atoms with E-state index in [4.69, 9.17) is 0 Å². The molecule has 1 unspecified atom stereocenters. The third kappa shape index (κ3) is 3.83. The molecule has 1 aromatic rings. The number of rotatable bonds is 7. The highest BCUT2D eigenvalue weighted by Crippen LogP contribution is 2.26. The Morgan fingerprint density at radius 1 is 1.15 bits per heavy atom. The van der Waals surface area contributed by atoms with E-state index in [0.717, 1.165) is 19.1 Å². The number of hydrogen-bond acceptors (Lipinski definition) is 2. The number of benzene rings is 1. The maximum absolute atomic E-state index is 3.64. The maximum Gasteiger partial charge on any atom is 0.0449 e. The zero-order valence-electron chi connectivity index (χ0n) is 13.5. The van der Waals surface area contributed by atoms with E-state index in [1.54, 1.807) is 0 Å². The van der Waals surface area contributed by atoms with Crippen molar-refractivity contribution >= 4 is 0 Å².